The quantitative estimate of drug-likeness (QED) is 0.117. The number of benzene rings is 3. The molecule has 2 heterocycles. The second-order valence-corrected chi connectivity index (χ2v) is 10.5. The van der Waals surface area contributed by atoms with Crippen LogP contribution in [0.5, 0.6) is 34.5 Å². The summed E-state index contributed by atoms with van der Waals surface area (Å²) in [5.74, 6) is 3.61. The van der Waals surface area contributed by atoms with E-state index >= 15 is 0 Å². The summed E-state index contributed by atoms with van der Waals surface area (Å²) in [6.45, 7) is 1.87. The SMILES string of the molecule is COCCOc1cc2nccc(Cl)c2cc1OC.COCCOc1cc2nccc(Nc3cc(OC)c(Cl)cc3OC)c2cc1OC. The molecule has 0 unspecified atom stereocenters. The zero-order chi connectivity index (χ0) is 33.8. The number of hydrogen-bond donors (Lipinski definition) is 1. The molecule has 0 fully saturated rings. The maximum atomic E-state index is 6.21. The zero-order valence-electron chi connectivity index (χ0n) is 27.0. The Morgan fingerprint density at radius 3 is 1.60 bits per heavy atom. The number of nitrogens with one attached hydrogen (secondary N) is 1. The van der Waals surface area contributed by atoms with Gasteiger partial charge in [-0.05, 0) is 24.3 Å². The molecule has 0 radical (unpaired) electrons. The van der Waals surface area contributed by atoms with Gasteiger partial charge in [0.1, 0.15) is 24.7 Å². The first-order valence-corrected chi connectivity index (χ1v) is 15.1. The van der Waals surface area contributed by atoms with E-state index in [2.05, 4.69) is 15.3 Å². The number of nitrogens with zero attached hydrogens (tertiary/aromatic N) is 2. The molecule has 11 nitrogen and oxygen atoms in total. The van der Waals surface area contributed by atoms with E-state index in [0.29, 0.717) is 76.7 Å². The molecule has 0 amide bonds. The van der Waals surface area contributed by atoms with Gasteiger partial charge >= 0.3 is 0 Å². The van der Waals surface area contributed by atoms with Crippen molar-refractivity contribution < 1.29 is 37.9 Å². The fourth-order valence-corrected chi connectivity index (χ4v) is 4.94. The van der Waals surface area contributed by atoms with Gasteiger partial charge in [0.25, 0.3) is 0 Å². The van der Waals surface area contributed by atoms with Crippen molar-refractivity contribution in [3.05, 3.63) is 71.0 Å². The lowest BCUT2D eigenvalue weighted by atomic mass is 10.1. The van der Waals surface area contributed by atoms with E-state index in [9.17, 15) is 0 Å². The molecular formula is C34H37Cl2N3O8. The minimum absolute atomic E-state index is 0.415. The van der Waals surface area contributed by atoms with Crippen LogP contribution in [0.1, 0.15) is 0 Å². The molecular weight excluding hydrogens is 649 g/mol. The van der Waals surface area contributed by atoms with E-state index in [1.807, 2.05) is 30.3 Å². The molecule has 5 rings (SSSR count). The number of ether oxygens (including phenoxy) is 8. The Bertz CT molecular complexity index is 1790. The van der Waals surface area contributed by atoms with Crippen LogP contribution in [0, 0.1) is 0 Å². The highest BCUT2D eigenvalue weighted by atomic mass is 35.5. The average Bonchev–Trinajstić information content (AvgIpc) is 3.09. The van der Waals surface area contributed by atoms with E-state index < -0.39 is 0 Å². The number of halogens is 2. The van der Waals surface area contributed by atoms with Crippen LogP contribution in [0.2, 0.25) is 10.0 Å². The molecule has 0 saturated heterocycles. The van der Waals surface area contributed by atoms with Crippen LogP contribution in [0.4, 0.5) is 11.4 Å². The maximum Gasteiger partial charge on any atom is 0.163 e. The lowest BCUT2D eigenvalue weighted by Crippen LogP contribution is -2.05. The molecule has 0 bridgehead atoms. The number of pyridine rings is 2. The molecule has 0 aliphatic heterocycles. The van der Waals surface area contributed by atoms with Gasteiger partial charge in [0.15, 0.2) is 23.0 Å². The van der Waals surface area contributed by atoms with Crippen molar-refractivity contribution in [2.75, 3.05) is 74.4 Å². The van der Waals surface area contributed by atoms with Gasteiger partial charge in [0, 0.05) is 67.3 Å². The molecule has 0 atom stereocenters. The van der Waals surface area contributed by atoms with Gasteiger partial charge in [0.05, 0.1) is 68.4 Å². The van der Waals surface area contributed by atoms with Crippen molar-refractivity contribution in [1.82, 2.24) is 9.97 Å². The molecule has 3 aromatic carbocycles. The summed E-state index contributed by atoms with van der Waals surface area (Å²) in [4.78, 5) is 8.71. The summed E-state index contributed by atoms with van der Waals surface area (Å²) in [7, 11) is 9.59. The number of aromatic nitrogens is 2. The summed E-state index contributed by atoms with van der Waals surface area (Å²) in [6, 6.07) is 14.5. The fourth-order valence-electron chi connectivity index (χ4n) is 4.50. The lowest BCUT2D eigenvalue weighted by Gasteiger charge is -2.16. The van der Waals surface area contributed by atoms with Crippen LogP contribution in [0.3, 0.4) is 0 Å². The Morgan fingerprint density at radius 2 is 1.04 bits per heavy atom. The number of rotatable bonds is 14. The second kappa shape index (κ2) is 17.5. The Kier molecular flexibility index (Phi) is 13.2. The van der Waals surface area contributed by atoms with E-state index in [-0.39, 0.29) is 0 Å². The second-order valence-electron chi connectivity index (χ2n) is 9.69. The molecule has 250 valence electrons. The third-order valence-corrected chi connectivity index (χ3v) is 7.46. The van der Waals surface area contributed by atoms with Gasteiger partial charge in [-0.25, -0.2) is 0 Å². The molecule has 2 aromatic heterocycles. The van der Waals surface area contributed by atoms with Crippen LogP contribution < -0.4 is 33.7 Å². The molecule has 5 aromatic rings. The van der Waals surface area contributed by atoms with Crippen LogP contribution in [-0.2, 0) is 9.47 Å². The van der Waals surface area contributed by atoms with Gasteiger partial charge in [-0.2, -0.15) is 0 Å². The third-order valence-electron chi connectivity index (χ3n) is 6.83. The highest BCUT2D eigenvalue weighted by Gasteiger charge is 2.15. The highest BCUT2D eigenvalue weighted by molar-refractivity contribution is 6.35. The number of methoxy groups -OCH3 is 6. The smallest absolute Gasteiger partial charge is 0.163 e. The summed E-state index contributed by atoms with van der Waals surface area (Å²) in [5, 5.41) is 6.18. The Hall–Kier alpha value is -4.42. The summed E-state index contributed by atoms with van der Waals surface area (Å²) in [5.41, 5.74) is 3.05. The Labute approximate surface area is 283 Å². The largest absolute Gasteiger partial charge is 0.495 e. The van der Waals surface area contributed by atoms with Gasteiger partial charge in [-0.3, -0.25) is 9.97 Å². The minimum Gasteiger partial charge on any atom is -0.495 e. The molecule has 0 saturated carbocycles. The molecule has 0 spiro atoms. The maximum absolute atomic E-state index is 6.21. The fraction of sp³-hybridized carbons (Fsp3) is 0.294. The van der Waals surface area contributed by atoms with Crippen molar-refractivity contribution in [3.63, 3.8) is 0 Å². The minimum atomic E-state index is 0.415. The van der Waals surface area contributed by atoms with Crippen LogP contribution in [-0.4, -0.2) is 79.1 Å². The first-order valence-electron chi connectivity index (χ1n) is 14.4. The van der Waals surface area contributed by atoms with Crippen molar-refractivity contribution in [2.45, 2.75) is 0 Å². The molecule has 13 heteroatoms. The van der Waals surface area contributed by atoms with E-state index in [0.717, 1.165) is 27.5 Å². The first kappa shape index (κ1) is 35.4. The monoisotopic (exact) mass is 685 g/mol. The molecule has 1 N–H and O–H groups in total. The Balaban J connectivity index is 0.000000238. The summed E-state index contributed by atoms with van der Waals surface area (Å²) < 4.78 is 42.9. The highest BCUT2D eigenvalue weighted by Crippen LogP contribution is 2.40. The van der Waals surface area contributed by atoms with E-state index in [1.54, 1.807) is 73.3 Å². The molecule has 47 heavy (non-hydrogen) atoms. The standard InChI is InChI=1S/C21H23ClN2O5.C13H14ClNO3/c1-25-7-8-29-21-11-16-13(9-20(21)28-4)15(5-6-23-16)24-17-12-18(26-2)14(22)10-19(17)27-3;1-16-5-6-18-13-8-11-9(7-12(13)17-2)10(14)3-4-15-11/h5-6,9-12H,7-8H2,1-4H3,(H,23,24);3-4,7-8H,5-6H2,1-2H3. The first-order chi connectivity index (χ1) is 22.9. The summed E-state index contributed by atoms with van der Waals surface area (Å²) in [6.07, 6.45) is 3.38. The van der Waals surface area contributed by atoms with Crippen molar-refractivity contribution >= 4 is 56.4 Å². The number of fused-ring (bicyclic) bond motifs is 2. The van der Waals surface area contributed by atoms with Crippen molar-refractivity contribution in [1.29, 1.82) is 0 Å². The molecule has 0 aliphatic rings. The van der Waals surface area contributed by atoms with Gasteiger partial charge in [-0.1, -0.05) is 23.2 Å². The van der Waals surface area contributed by atoms with Gasteiger partial charge < -0.3 is 43.2 Å². The number of hydrogen-bond acceptors (Lipinski definition) is 11. The van der Waals surface area contributed by atoms with Crippen LogP contribution in [0.25, 0.3) is 21.8 Å². The van der Waals surface area contributed by atoms with Crippen LogP contribution in [0.15, 0.2) is 60.9 Å². The number of anilines is 2. The lowest BCUT2D eigenvalue weighted by molar-refractivity contribution is 0.144. The zero-order valence-corrected chi connectivity index (χ0v) is 28.5. The van der Waals surface area contributed by atoms with Crippen LogP contribution >= 0.6 is 23.2 Å². The van der Waals surface area contributed by atoms with Crippen molar-refractivity contribution in [3.8, 4) is 34.5 Å². The van der Waals surface area contributed by atoms with E-state index in [4.69, 9.17) is 61.1 Å². The predicted octanol–water partition coefficient (Wildman–Crippen LogP) is 7.60. The molecule has 0 aliphatic carbocycles. The van der Waals surface area contributed by atoms with Crippen molar-refractivity contribution in [2.24, 2.45) is 0 Å². The third kappa shape index (κ3) is 8.89. The van der Waals surface area contributed by atoms with Gasteiger partial charge in [-0.15, -0.1) is 0 Å². The topological polar surface area (TPSA) is 112 Å². The average molecular weight is 687 g/mol. The Morgan fingerprint density at radius 1 is 0.511 bits per heavy atom. The van der Waals surface area contributed by atoms with E-state index in [1.165, 1.54) is 0 Å². The predicted molar refractivity (Wildman–Crippen MR) is 184 cm³/mol. The normalized spacial score (nSPS) is 10.6. The summed E-state index contributed by atoms with van der Waals surface area (Å²) >= 11 is 12.3. The van der Waals surface area contributed by atoms with Gasteiger partial charge in [0.2, 0.25) is 0 Å².